The van der Waals surface area contributed by atoms with Gasteiger partial charge in [-0.2, -0.15) is 0 Å². The van der Waals surface area contributed by atoms with Crippen molar-refractivity contribution in [2.24, 2.45) is 0 Å². The number of likely N-dealkylation sites (tertiary alicyclic amines) is 1. The molecule has 1 aromatic rings. The number of rotatable bonds is 4. The molecule has 9 heteroatoms. The summed E-state index contributed by atoms with van der Waals surface area (Å²) in [5, 5.41) is 9.12. The predicted molar refractivity (Wildman–Crippen MR) is 122 cm³/mol. The zero-order chi connectivity index (χ0) is 21.8. The second-order valence-electron chi connectivity index (χ2n) is 8.55. The number of nitrogens with one attached hydrogen (secondary N) is 3. The van der Waals surface area contributed by atoms with Gasteiger partial charge in [0.15, 0.2) is 0 Å². The van der Waals surface area contributed by atoms with Crippen molar-refractivity contribution in [3.8, 4) is 0 Å². The number of hydrogen-bond acceptors (Lipinski definition) is 4. The van der Waals surface area contributed by atoms with E-state index in [-0.39, 0.29) is 36.3 Å². The van der Waals surface area contributed by atoms with Gasteiger partial charge in [-0.15, -0.1) is 11.8 Å². The van der Waals surface area contributed by atoms with Crippen LogP contribution in [0.5, 0.6) is 0 Å². The minimum absolute atomic E-state index is 0.0184. The molecule has 4 amide bonds. The van der Waals surface area contributed by atoms with Crippen LogP contribution in [0.15, 0.2) is 23.1 Å². The van der Waals surface area contributed by atoms with E-state index in [1.54, 1.807) is 12.1 Å². The molecule has 7 nitrogen and oxygen atoms in total. The van der Waals surface area contributed by atoms with Gasteiger partial charge in [0, 0.05) is 41.5 Å². The summed E-state index contributed by atoms with van der Waals surface area (Å²) in [5.41, 5.74) is 0.699. The van der Waals surface area contributed by atoms with Gasteiger partial charge in [0.25, 0.3) is 0 Å². The first kappa shape index (κ1) is 22.3. The Hall–Kier alpha value is -1.93. The normalized spacial score (nSPS) is 22.4. The van der Waals surface area contributed by atoms with E-state index in [9.17, 15) is 14.4 Å². The smallest absolute Gasteiger partial charge is 0.315 e. The number of thioether (sulfide) groups is 1. The maximum absolute atomic E-state index is 12.8. The van der Waals surface area contributed by atoms with Gasteiger partial charge >= 0.3 is 6.03 Å². The average Bonchev–Trinajstić information content (AvgIpc) is 2.75. The number of amides is 4. The number of piperidine rings is 1. The number of carbonyl (C=O) groups excluding carboxylic acids is 3. The lowest BCUT2D eigenvalue weighted by Gasteiger charge is -2.34. The summed E-state index contributed by atoms with van der Waals surface area (Å²) in [6.45, 7) is 1.19. The Kier molecular flexibility index (Phi) is 7.27. The van der Waals surface area contributed by atoms with Crippen molar-refractivity contribution in [3.05, 3.63) is 23.2 Å². The zero-order valence-corrected chi connectivity index (χ0v) is 19.1. The van der Waals surface area contributed by atoms with Crippen molar-refractivity contribution in [2.45, 2.75) is 73.6 Å². The van der Waals surface area contributed by atoms with Crippen molar-refractivity contribution >= 4 is 46.9 Å². The van der Waals surface area contributed by atoms with E-state index < -0.39 is 5.25 Å². The van der Waals surface area contributed by atoms with Crippen molar-refractivity contribution in [1.29, 1.82) is 0 Å². The molecule has 0 bridgehead atoms. The molecule has 3 N–H and O–H groups in total. The molecule has 2 aliphatic heterocycles. The van der Waals surface area contributed by atoms with Crippen LogP contribution in [0.2, 0.25) is 5.02 Å². The number of anilines is 1. The monoisotopic (exact) mass is 464 g/mol. The third-order valence-corrected chi connectivity index (χ3v) is 7.75. The van der Waals surface area contributed by atoms with Crippen LogP contribution in [0.3, 0.4) is 0 Å². The van der Waals surface area contributed by atoms with Gasteiger partial charge in [0.05, 0.1) is 10.9 Å². The molecule has 1 unspecified atom stereocenters. The highest BCUT2D eigenvalue weighted by Gasteiger charge is 2.32. The quantitative estimate of drug-likeness (QED) is 0.632. The third kappa shape index (κ3) is 5.86. The summed E-state index contributed by atoms with van der Waals surface area (Å²) in [4.78, 5) is 40.2. The van der Waals surface area contributed by atoms with E-state index in [2.05, 4.69) is 16.0 Å². The predicted octanol–water partition coefficient (Wildman–Crippen LogP) is 3.77. The van der Waals surface area contributed by atoms with E-state index in [0.717, 1.165) is 30.6 Å². The van der Waals surface area contributed by atoms with Gasteiger partial charge in [-0.3, -0.25) is 9.59 Å². The number of benzene rings is 1. The van der Waals surface area contributed by atoms with Crippen LogP contribution in [0.4, 0.5) is 10.5 Å². The number of carbonyl (C=O) groups is 3. The van der Waals surface area contributed by atoms with Gasteiger partial charge in [0.2, 0.25) is 11.8 Å². The first-order valence-electron chi connectivity index (χ1n) is 11.1. The number of urea groups is 1. The van der Waals surface area contributed by atoms with Crippen LogP contribution in [-0.4, -0.2) is 53.2 Å². The molecule has 0 spiro atoms. The number of fused-ring (bicyclic) bond motifs is 1. The van der Waals surface area contributed by atoms with Crippen molar-refractivity contribution in [3.63, 3.8) is 0 Å². The molecule has 2 heterocycles. The number of nitrogens with zero attached hydrogens (tertiary/aromatic N) is 1. The summed E-state index contributed by atoms with van der Waals surface area (Å²) < 4.78 is 0. The molecular weight excluding hydrogens is 436 g/mol. The second kappa shape index (κ2) is 10.1. The van der Waals surface area contributed by atoms with E-state index in [4.69, 9.17) is 11.6 Å². The highest BCUT2D eigenvalue weighted by atomic mass is 35.5. The fraction of sp³-hybridized carbons (Fsp3) is 0.591. The summed E-state index contributed by atoms with van der Waals surface area (Å²) in [6.07, 6.45) is 7.37. The van der Waals surface area contributed by atoms with Crippen LogP contribution in [0, 0.1) is 0 Å². The zero-order valence-electron chi connectivity index (χ0n) is 17.5. The lowest BCUT2D eigenvalue weighted by atomic mass is 9.96. The summed E-state index contributed by atoms with van der Waals surface area (Å²) >= 11 is 7.40. The fourth-order valence-electron chi connectivity index (χ4n) is 4.48. The van der Waals surface area contributed by atoms with Gasteiger partial charge in [-0.05, 0) is 43.9 Å². The van der Waals surface area contributed by atoms with Crippen molar-refractivity contribution in [1.82, 2.24) is 15.5 Å². The Labute approximate surface area is 192 Å². The Bertz CT molecular complexity index is 838. The SMILES string of the molecule is O=C(NC1CCCCC1)NC1CCN(C(=O)CC2Sc3ccc(Cl)cc3NC2=O)CC1. The maximum atomic E-state index is 12.8. The van der Waals surface area contributed by atoms with Gasteiger partial charge in [-0.25, -0.2) is 4.79 Å². The molecule has 168 valence electrons. The van der Waals surface area contributed by atoms with Crippen LogP contribution in [0.25, 0.3) is 0 Å². The molecular formula is C22H29ClN4O3S. The van der Waals surface area contributed by atoms with Gasteiger partial charge in [-0.1, -0.05) is 30.9 Å². The van der Waals surface area contributed by atoms with E-state index in [0.29, 0.717) is 23.8 Å². The van der Waals surface area contributed by atoms with E-state index in [1.807, 2.05) is 11.0 Å². The maximum Gasteiger partial charge on any atom is 0.315 e. The first-order chi connectivity index (χ1) is 15.0. The summed E-state index contributed by atoms with van der Waals surface area (Å²) in [5.74, 6) is -0.181. The van der Waals surface area contributed by atoms with Crippen LogP contribution >= 0.6 is 23.4 Å². The first-order valence-corrected chi connectivity index (χ1v) is 12.4. The minimum atomic E-state index is -0.446. The van der Waals surface area contributed by atoms with Crippen LogP contribution < -0.4 is 16.0 Å². The van der Waals surface area contributed by atoms with Crippen molar-refractivity contribution in [2.75, 3.05) is 18.4 Å². The largest absolute Gasteiger partial charge is 0.342 e. The number of halogens is 1. The topological polar surface area (TPSA) is 90.5 Å². The Morgan fingerprint density at radius 3 is 2.45 bits per heavy atom. The molecule has 2 fully saturated rings. The Morgan fingerprint density at radius 1 is 1.06 bits per heavy atom. The molecule has 1 aromatic carbocycles. The highest BCUT2D eigenvalue weighted by molar-refractivity contribution is 8.01. The Morgan fingerprint density at radius 2 is 1.74 bits per heavy atom. The molecule has 3 aliphatic rings. The highest BCUT2D eigenvalue weighted by Crippen LogP contribution is 2.38. The number of hydrogen-bond donors (Lipinski definition) is 3. The van der Waals surface area contributed by atoms with Gasteiger partial charge < -0.3 is 20.9 Å². The standard InChI is InChI=1S/C22H29ClN4O3S/c23-14-6-7-18-17(12-14)26-21(29)19(31-18)13-20(28)27-10-8-16(9-11-27)25-22(30)24-15-4-2-1-3-5-15/h6-7,12,15-16,19H,1-5,8-11,13H2,(H,26,29)(H2,24,25,30). The summed E-state index contributed by atoms with van der Waals surface area (Å²) in [6, 6.07) is 5.65. The van der Waals surface area contributed by atoms with E-state index >= 15 is 0 Å². The molecule has 1 aliphatic carbocycles. The van der Waals surface area contributed by atoms with Crippen molar-refractivity contribution < 1.29 is 14.4 Å². The third-order valence-electron chi connectivity index (χ3n) is 6.24. The van der Waals surface area contributed by atoms with E-state index in [1.165, 1.54) is 31.0 Å². The van der Waals surface area contributed by atoms with Crippen LogP contribution in [0.1, 0.15) is 51.4 Å². The lowest BCUT2D eigenvalue weighted by Crippen LogP contribution is -2.51. The molecule has 1 saturated carbocycles. The molecule has 0 aromatic heterocycles. The summed E-state index contributed by atoms with van der Waals surface area (Å²) in [7, 11) is 0. The molecule has 0 radical (unpaired) electrons. The molecule has 31 heavy (non-hydrogen) atoms. The Balaban J connectivity index is 1.21. The average molecular weight is 465 g/mol. The molecule has 4 rings (SSSR count). The van der Waals surface area contributed by atoms with Crippen LogP contribution in [-0.2, 0) is 9.59 Å². The molecule has 1 saturated heterocycles. The lowest BCUT2D eigenvalue weighted by molar-refractivity contribution is -0.133. The fourth-order valence-corrected chi connectivity index (χ4v) is 5.73. The second-order valence-corrected chi connectivity index (χ2v) is 10.2. The minimum Gasteiger partial charge on any atom is -0.342 e. The van der Waals surface area contributed by atoms with Gasteiger partial charge in [0.1, 0.15) is 0 Å². The molecule has 1 atom stereocenters.